The fourth-order valence-electron chi connectivity index (χ4n) is 2.92. The van der Waals surface area contributed by atoms with Crippen molar-refractivity contribution in [1.82, 2.24) is 10.2 Å². The van der Waals surface area contributed by atoms with Gasteiger partial charge in [0.15, 0.2) is 5.78 Å². The smallest absolute Gasteiger partial charge is 0.387 e. The van der Waals surface area contributed by atoms with Gasteiger partial charge >= 0.3 is 12.6 Å². The second-order valence-electron chi connectivity index (χ2n) is 6.25. The zero-order valence-corrected chi connectivity index (χ0v) is 14.6. The average Bonchev–Trinajstić information content (AvgIpc) is 2.86. The number of hydrogen-bond donors (Lipinski definition) is 1. The van der Waals surface area contributed by atoms with Gasteiger partial charge in [-0.2, -0.15) is 8.78 Å². The number of halogens is 3. The summed E-state index contributed by atoms with van der Waals surface area (Å²) in [5.74, 6) is -2.31. The van der Waals surface area contributed by atoms with Crippen LogP contribution in [-0.4, -0.2) is 35.8 Å². The van der Waals surface area contributed by atoms with Crippen LogP contribution in [-0.2, 0) is 10.3 Å². The van der Waals surface area contributed by atoms with Crippen LogP contribution in [0.4, 0.5) is 18.0 Å². The van der Waals surface area contributed by atoms with Crippen molar-refractivity contribution in [1.29, 1.82) is 0 Å². The van der Waals surface area contributed by atoms with E-state index in [-0.39, 0.29) is 11.3 Å². The molecule has 28 heavy (non-hydrogen) atoms. The van der Waals surface area contributed by atoms with Gasteiger partial charge in [-0.3, -0.25) is 14.5 Å². The number of urea groups is 1. The number of amides is 3. The van der Waals surface area contributed by atoms with Crippen LogP contribution in [0.1, 0.15) is 22.8 Å². The average molecular weight is 392 g/mol. The fourth-order valence-corrected chi connectivity index (χ4v) is 2.92. The van der Waals surface area contributed by atoms with E-state index in [0.29, 0.717) is 10.5 Å². The van der Waals surface area contributed by atoms with E-state index >= 15 is 0 Å². The van der Waals surface area contributed by atoms with E-state index in [9.17, 15) is 27.6 Å². The Bertz CT molecular complexity index is 933. The Labute approximate surface area is 157 Å². The third-order valence-corrected chi connectivity index (χ3v) is 4.41. The van der Waals surface area contributed by atoms with E-state index in [1.807, 2.05) is 0 Å². The van der Waals surface area contributed by atoms with E-state index in [1.165, 1.54) is 49.4 Å². The van der Waals surface area contributed by atoms with Crippen molar-refractivity contribution >= 4 is 17.7 Å². The van der Waals surface area contributed by atoms with Crippen molar-refractivity contribution in [2.45, 2.75) is 19.1 Å². The molecule has 1 aliphatic rings. The Balaban J connectivity index is 1.80. The molecule has 3 amide bonds. The van der Waals surface area contributed by atoms with Crippen LogP contribution < -0.4 is 10.1 Å². The number of hydrogen-bond acceptors (Lipinski definition) is 4. The van der Waals surface area contributed by atoms with Gasteiger partial charge in [0.25, 0.3) is 5.91 Å². The first kappa shape index (κ1) is 19.4. The fraction of sp³-hybridized carbons (Fsp3) is 0.211. The molecule has 2 aromatic rings. The number of carbonyl (C=O) groups is 3. The summed E-state index contributed by atoms with van der Waals surface area (Å²) in [4.78, 5) is 38.1. The van der Waals surface area contributed by atoms with Crippen LogP contribution in [0.3, 0.4) is 0 Å². The SMILES string of the molecule is C[C@]1(c2ccc(OC(F)F)cc2)NC(=O)N(CC(=O)c2ccccc2F)C1=O. The second kappa shape index (κ2) is 7.34. The minimum atomic E-state index is -2.99. The van der Waals surface area contributed by atoms with Gasteiger partial charge in [0.1, 0.15) is 17.1 Å². The lowest BCUT2D eigenvalue weighted by Crippen LogP contribution is -2.41. The summed E-state index contributed by atoms with van der Waals surface area (Å²) in [5.41, 5.74) is -1.42. The monoisotopic (exact) mass is 392 g/mol. The van der Waals surface area contributed by atoms with E-state index in [2.05, 4.69) is 10.1 Å². The maximum absolute atomic E-state index is 13.8. The lowest BCUT2D eigenvalue weighted by molar-refractivity contribution is -0.130. The summed E-state index contributed by atoms with van der Waals surface area (Å²) >= 11 is 0. The van der Waals surface area contributed by atoms with E-state index < -0.39 is 42.2 Å². The van der Waals surface area contributed by atoms with Crippen molar-refractivity contribution in [3.63, 3.8) is 0 Å². The summed E-state index contributed by atoms with van der Waals surface area (Å²) in [5, 5.41) is 2.48. The molecule has 0 bridgehead atoms. The van der Waals surface area contributed by atoms with Crippen LogP contribution in [0.15, 0.2) is 48.5 Å². The van der Waals surface area contributed by atoms with Gasteiger partial charge in [0.2, 0.25) is 0 Å². The van der Waals surface area contributed by atoms with Crippen molar-refractivity contribution in [2.75, 3.05) is 6.54 Å². The molecule has 0 unspecified atom stereocenters. The van der Waals surface area contributed by atoms with E-state index in [0.717, 1.165) is 6.07 Å². The van der Waals surface area contributed by atoms with Gasteiger partial charge in [-0.15, -0.1) is 0 Å². The minimum Gasteiger partial charge on any atom is -0.435 e. The topological polar surface area (TPSA) is 75.7 Å². The molecule has 0 saturated carbocycles. The van der Waals surface area contributed by atoms with Crippen LogP contribution in [0.5, 0.6) is 5.75 Å². The van der Waals surface area contributed by atoms with Crippen molar-refractivity contribution < 1.29 is 32.3 Å². The van der Waals surface area contributed by atoms with Crippen molar-refractivity contribution in [3.8, 4) is 5.75 Å². The molecule has 6 nitrogen and oxygen atoms in total. The highest BCUT2D eigenvalue weighted by Crippen LogP contribution is 2.30. The molecule has 1 aliphatic heterocycles. The predicted octanol–water partition coefficient (Wildman–Crippen LogP) is 3.08. The van der Waals surface area contributed by atoms with Gasteiger partial charge in [0, 0.05) is 0 Å². The van der Waals surface area contributed by atoms with Crippen LogP contribution >= 0.6 is 0 Å². The number of alkyl halides is 2. The minimum absolute atomic E-state index is 0.106. The van der Waals surface area contributed by atoms with Gasteiger partial charge < -0.3 is 10.1 Å². The third-order valence-electron chi connectivity index (χ3n) is 4.41. The van der Waals surface area contributed by atoms with Crippen molar-refractivity contribution in [2.24, 2.45) is 0 Å². The maximum Gasteiger partial charge on any atom is 0.387 e. The molecule has 9 heteroatoms. The summed E-state index contributed by atoms with van der Waals surface area (Å²) in [7, 11) is 0. The molecular formula is C19H15F3N2O4. The normalized spacial score (nSPS) is 19.1. The zero-order chi connectivity index (χ0) is 20.5. The number of carbonyl (C=O) groups excluding carboxylic acids is 3. The Morgan fingerprint density at radius 2 is 1.79 bits per heavy atom. The Morgan fingerprint density at radius 3 is 2.39 bits per heavy atom. The summed E-state index contributed by atoms with van der Waals surface area (Å²) in [6.45, 7) is -2.20. The second-order valence-corrected chi connectivity index (χ2v) is 6.25. The first-order valence-electron chi connectivity index (χ1n) is 8.19. The summed E-state index contributed by atoms with van der Waals surface area (Å²) in [6, 6.07) is 9.62. The molecule has 0 aliphatic carbocycles. The number of nitrogens with one attached hydrogen (secondary N) is 1. The quantitative estimate of drug-likeness (QED) is 0.606. The molecule has 3 rings (SSSR count). The molecule has 2 aromatic carbocycles. The van der Waals surface area contributed by atoms with Gasteiger partial charge in [0.05, 0.1) is 12.1 Å². The Morgan fingerprint density at radius 1 is 1.14 bits per heavy atom. The molecule has 0 spiro atoms. The van der Waals surface area contributed by atoms with Gasteiger partial charge in [-0.25, -0.2) is 9.18 Å². The number of nitrogens with zero attached hydrogens (tertiary/aromatic N) is 1. The van der Waals surface area contributed by atoms with Crippen LogP contribution in [0.2, 0.25) is 0 Å². The predicted molar refractivity (Wildman–Crippen MR) is 91.4 cm³/mol. The van der Waals surface area contributed by atoms with Crippen LogP contribution in [0.25, 0.3) is 0 Å². The molecule has 1 fully saturated rings. The highest BCUT2D eigenvalue weighted by molar-refractivity contribution is 6.11. The molecule has 1 N–H and O–H groups in total. The number of rotatable bonds is 6. The van der Waals surface area contributed by atoms with Gasteiger partial charge in [-0.05, 0) is 36.8 Å². The van der Waals surface area contributed by atoms with Gasteiger partial charge in [-0.1, -0.05) is 24.3 Å². The molecular weight excluding hydrogens is 377 g/mol. The molecule has 1 heterocycles. The van der Waals surface area contributed by atoms with Crippen LogP contribution in [0, 0.1) is 5.82 Å². The molecule has 146 valence electrons. The lowest BCUT2D eigenvalue weighted by atomic mass is 9.92. The lowest BCUT2D eigenvalue weighted by Gasteiger charge is -2.22. The Kier molecular flexibility index (Phi) is 5.08. The van der Waals surface area contributed by atoms with Crippen molar-refractivity contribution in [3.05, 3.63) is 65.5 Å². The third kappa shape index (κ3) is 3.55. The Hall–Kier alpha value is -3.36. The summed E-state index contributed by atoms with van der Waals surface area (Å²) in [6.07, 6.45) is 0. The molecule has 0 aromatic heterocycles. The first-order valence-corrected chi connectivity index (χ1v) is 8.19. The highest BCUT2D eigenvalue weighted by Gasteiger charge is 2.49. The number of ether oxygens (including phenoxy) is 1. The first-order chi connectivity index (χ1) is 13.2. The number of imide groups is 1. The zero-order valence-electron chi connectivity index (χ0n) is 14.6. The molecule has 1 saturated heterocycles. The molecule has 0 radical (unpaired) electrons. The van der Waals surface area contributed by atoms with E-state index in [4.69, 9.17) is 0 Å². The highest BCUT2D eigenvalue weighted by atomic mass is 19.3. The number of Topliss-reactive ketones (excluding diaryl/α,β-unsaturated/α-hetero) is 1. The number of benzene rings is 2. The standard InChI is InChI=1S/C19H15F3N2O4/c1-19(11-6-8-12(9-7-11)28-17(21)22)16(26)24(18(27)23-19)10-15(25)13-4-2-3-5-14(13)20/h2-9,17H,10H2,1H3,(H,23,27)/t19-/m1/s1. The molecule has 1 atom stereocenters. The largest absolute Gasteiger partial charge is 0.435 e. The maximum atomic E-state index is 13.8. The number of ketones is 1. The summed E-state index contributed by atoms with van der Waals surface area (Å²) < 4.78 is 42.5. The van der Waals surface area contributed by atoms with E-state index in [1.54, 1.807) is 0 Å².